The van der Waals surface area contributed by atoms with Crippen LogP contribution in [0.15, 0.2) is 0 Å². The summed E-state index contributed by atoms with van der Waals surface area (Å²) in [5.74, 6) is 1.86. The van der Waals surface area contributed by atoms with Gasteiger partial charge in [0, 0.05) is 6.54 Å². The molecule has 2 rings (SSSR count). The van der Waals surface area contributed by atoms with Crippen LogP contribution >= 0.6 is 0 Å². The highest BCUT2D eigenvalue weighted by molar-refractivity contribution is 4.96. The summed E-state index contributed by atoms with van der Waals surface area (Å²) in [6, 6.07) is 0. The van der Waals surface area contributed by atoms with Gasteiger partial charge in [-0.2, -0.15) is 0 Å². The fourth-order valence-corrected chi connectivity index (χ4v) is 3.40. The molecule has 2 heteroatoms. The molecule has 0 aromatic heterocycles. The molecule has 2 unspecified atom stereocenters. The Bertz CT molecular complexity index is 211. The van der Waals surface area contributed by atoms with Gasteiger partial charge in [-0.05, 0) is 43.6 Å². The lowest BCUT2D eigenvalue weighted by molar-refractivity contribution is -0.0954. The smallest absolute Gasteiger partial charge is 0.0725 e. The molecule has 1 heterocycles. The van der Waals surface area contributed by atoms with Crippen molar-refractivity contribution >= 4 is 0 Å². The number of nitrogens with one attached hydrogen (secondary N) is 1. The van der Waals surface area contributed by atoms with E-state index in [9.17, 15) is 5.11 Å². The molecular weight excluding hydrogens is 186 g/mol. The molecule has 1 aliphatic heterocycles. The minimum absolute atomic E-state index is 0.370. The van der Waals surface area contributed by atoms with Crippen LogP contribution in [0.1, 0.15) is 46.0 Å². The van der Waals surface area contributed by atoms with Crippen molar-refractivity contribution in [1.29, 1.82) is 0 Å². The summed E-state index contributed by atoms with van der Waals surface area (Å²) in [5, 5.41) is 14.2. The zero-order chi connectivity index (χ0) is 10.9. The van der Waals surface area contributed by atoms with E-state index in [0.717, 1.165) is 25.4 Å². The highest BCUT2D eigenvalue weighted by atomic mass is 16.3. The Labute approximate surface area is 93.5 Å². The van der Waals surface area contributed by atoms with E-state index >= 15 is 0 Å². The molecule has 0 aromatic carbocycles. The largest absolute Gasteiger partial charge is 0.389 e. The van der Waals surface area contributed by atoms with Gasteiger partial charge >= 0.3 is 0 Å². The Kier molecular flexibility index (Phi) is 3.36. The summed E-state index contributed by atoms with van der Waals surface area (Å²) in [7, 11) is 0. The van der Waals surface area contributed by atoms with Crippen LogP contribution in [0, 0.1) is 17.8 Å². The van der Waals surface area contributed by atoms with Crippen LogP contribution < -0.4 is 5.32 Å². The van der Waals surface area contributed by atoms with Crippen molar-refractivity contribution in [2.24, 2.45) is 17.8 Å². The minimum Gasteiger partial charge on any atom is -0.389 e. The van der Waals surface area contributed by atoms with Crippen molar-refractivity contribution in [3.8, 4) is 0 Å². The minimum atomic E-state index is -0.370. The van der Waals surface area contributed by atoms with E-state index in [0.29, 0.717) is 11.8 Å². The number of piperidine rings is 1. The lowest BCUT2D eigenvalue weighted by Crippen LogP contribution is -2.54. The summed E-state index contributed by atoms with van der Waals surface area (Å²) < 4.78 is 0. The van der Waals surface area contributed by atoms with E-state index in [-0.39, 0.29) is 5.60 Å². The summed E-state index contributed by atoms with van der Waals surface area (Å²) in [6.45, 7) is 6.52. The van der Waals surface area contributed by atoms with Crippen molar-refractivity contribution in [2.75, 3.05) is 13.1 Å². The van der Waals surface area contributed by atoms with Crippen LogP contribution in [0.3, 0.4) is 0 Å². The SMILES string of the molecule is CC1CCC(C2(O)CCNCC2C)CC1. The molecule has 2 aliphatic rings. The maximum Gasteiger partial charge on any atom is 0.0725 e. The van der Waals surface area contributed by atoms with Crippen LogP contribution in [0.2, 0.25) is 0 Å². The third-order valence-electron chi connectivity index (χ3n) is 4.73. The Morgan fingerprint density at radius 3 is 2.40 bits per heavy atom. The summed E-state index contributed by atoms with van der Waals surface area (Å²) in [5.41, 5.74) is -0.370. The van der Waals surface area contributed by atoms with E-state index in [1.807, 2.05) is 0 Å². The van der Waals surface area contributed by atoms with Crippen LogP contribution in [0.5, 0.6) is 0 Å². The molecule has 1 saturated carbocycles. The van der Waals surface area contributed by atoms with Gasteiger partial charge in [0.15, 0.2) is 0 Å². The summed E-state index contributed by atoms with van der Waals surface area (Å²) in [4.78, 5) is 0. The summed E-state index contributed by atoms with van der Waals surface area (Å²) >= 11 is 0. The van der Waals surface area contributed by atoms with E-state index in [1.54, 1.807) is 0 Å². The number of hydrogen-bond acceptors (Lipinski definition) is 2. The predicted molar refractivity (Wildman–Crippen MR) is 62.7 cm³/mol. The summed E-state index contributed by atoms with van der Waals surface area (Å²) in [6.07, 6.45) is 6.05. The van der Waals surface area contributed by atoms with Gasteiger partial charge in [0.1, 0.15) is 0 Å². The van der Waals surface area contributed by atoms with Crippen LogP contribution in [0.25, 0.3) is 0 Å². The first-order valence-corrected chi connectivity index (χ1v) is 6.56. The van der Waals surface area contributed by atoms with Crippen molar-refractivity contribution in [3.05, 3.63) is 0 Å². The molecule has 0 amide bonds. The van der Waals surface area contributed by atoms with Gasteiger partial charge in [0.05, 0.1) is 5.60 Å². The van der Waals surface area contributed by atoms with Gasteiger partial charge in [0.2, 0.25) is 0 Å². The zero-order valence-electron chi connectivity index (χ0n) is 10.1. The van der Waals surface area contributed by atoms with Crippen LogP contribution in [0.4, 0.5) is 0 Å². The first kappa shape index (κ1) is 11.4. The molecule has 0 bridgehead atoms. The van der Waals surface area contributed by atoms with Crippen molar-refractivity contribution in [2.45, 2.75) is 51.6 Å². The first-order valence-electron chi connectivity index (χ1n) is 6.56. The second kappa shape index (κ2) is 4.42. The zero-order valence-corrected chi connectivity index (χ0v) is 10.1. The third-order valence-corrected chi connectivity index (χ3v) is 4.73. The van der Waals surface area contributed by atoms with E-state index in [2.05, 4.69) is 19.2 Å². The number of aliphatic hydroxyl groups is 1. The Balaban J connectivity index is 2.00. The lowest BCUT2D eigenvalue weighted by Gasteiger charge is -2.46. The van der Waals surface area contributed by atoms with E-state index in [1.165, 1.54) is 25.7 Å². The van der Waals surface area contributed by atoms with Gasteiger partial charge in [-0.25, -0.2) is 0 Å². The lowest BCUT2D eigenvalue weighted by atomic mass is 9.66. The molecule has 0 aromatic rings. The fourth-order valence-electron chi connectivity index (χ4n) is 3.40. The molecule has 15 heavy (non-hydrogen) atoms. The second-order valence-electron chi connectivity index (χ2n) is 5.80. The fraction of sp³-hybridized carbons (Fsp3) is 1.00. The predicted octanol–water partition coefficient (Wildman–Crippen LogP) is 2.17. The normalized spacial score (nSPS) is 47.8. The highest BCUT2D eigenvalue weighted by Gasteiger charge is 2.43. The molecule has 2 fully saturated rings. The monoisotopic (exact) mass is 211 g/mol. The van der Waals surface area contributed by atoms with Gasteiger partial charge in [-0.15, -0.1) is 0 Å². The number of hydrogen-bond donors (Lipinski definition) is 2. The maximum absolute atomic E-state index is 10.8. The molecule has 1 saturated heterocycles. The molecule has 88 valence electrons. The highest BCUT2D eigenvalue weighted by Crippen LogP contribution is 2.41. The Morgan fingerprint density at radius 1 is 1.13 bits per heavy atom. The van der Waals surface area contributed by atoms with Crippen molar-refractivity contribution < 1.29 is 5.11 Å². The molecule has 2 N–H and O–H groups in total. The number of rotatable bonds is 1. The van der Waals surface area contributed by atoms with Crippen molar-refractivity contribution in [1.82, 2.24) is 5.32 Å². The van der Waals surface area contributed by atoms with Crippen LogP contribution in [-0.2, 0) is 0 Å². The van der Waals surface area contributed by atoms with E-state index in [4.69, 9.17) is 0 Å². The average molecular weight is 211 g/mol. The Hall–Kier alpha value is -0.0800. The standard InChI is InChI=1S/C13H25NO/c1-10-3-5-12(6-4-10)13(15)7-8-14-9-11(13)2/h10-12,14-15H,3-9H2,1-2H3. The molecule has 2 nitrogen and oxygen atoms in total. The molecule has 0 radical (unpaired) electrons. The molecular formula is C13H25NO. The van der Waals surface area contributed by atoms with Crippen molar-refractivity contribution in [3.63, 3.8) is 0 Å². The van der Waals surface area contributed by atoms with Crippen LogP contribution in [-0.4, -0.2) is 23.8 Å². The molecule has 1 aliphatic carbocycles. The Morgan fingerprint density at radius 2 is 1.80 bits per heavy atom. The average Bonchev–Trinajstić information content (AvgIpc) is 2.23. The third kappa shape index (κ3) is 2.21. The van der Waals surface area contributed by atoms with Gasteiger partial charge in [0.25, 0.3) is 0 Å². The quantitative estimate of drug-likeness (QED) is 0.697. The maximum atomic E-state index is 10.8. The topological polar surface area (TPSA) is 32.3 Å². The molecule has 2 atom stereocenters. The van der Waals surface area contributed by atoms with Gasteiger partial charge < -0.3 is 10.4 Å². The van der Waals surface area contributed by atoms with Gasteiger partial charge in [-0.3, -0.25) is 0 Å². The van der Waals surface area contributed by atoms with Gasteiger partial charge in [-0.1, -0.05) is 26.7 Å². The molecule has 0 spiro atoms. The second-order valence-corrected chi connectivity index (χ2v) is 5.80. The first-order chi connectivity index (χ1) is 7.13. The van der Waals surface area contributed by atoms with E-state index < -0.39 is 0 Å².